The summed E-state index contributed by atoms with van der Waals surface area (Å²) in [6.45, 7) is 2.19. The van der Waals surface area contributed by atoms with Crippen LogP contribution in [0.25, 0.3) is 0 Å². The third-order valence-corrected chi connectivity index (χ3v) is 3.99. The number of amides is 1. The number of hydrogen-bond acceptors (Lipinski definition) is 4. The predicted octanol–water partition coefficient (Wildman–Crippen LogP) is 0.0247. The molecule has 0 radical (unpaired) electrons. The standard InChI is InChI=1S/C13H22N2O3/c16-9-8-15(11-2-1-3-11)10-13(18)14-6-4-12(17)5-7-14/h11,16H,1-10H2. The van der Waals surface area contributed by atoms with Gasteiger partial charge in [0.1, 0.15) is 5.78 Å². The summed E-state index contributed by atoms with van der Waals surface area (Å²) in [6.07, 6.45) is 4.47. The lowest BCUT2D eigenvalue weighted by Gasteiger charge is -2.38. The van der Waals surface area contributed by atoms with Crippen molar-refractivity contribution in [1.29, 1.82) is 0 Å². The number of ketones is 1. The average Bonchev–Trinajstić information content (AvgIpc) is 2.27. The fourth-order valence-corrected chi connectivity index (χ4v) is 2.55. The number of nitrogens with zero attached hydrogens (tertiary/aromatic N) is 2. The molecule has 1 saturated heterocycles. The summed E-state index contributed by atoms with van der Waals surface area (Å²) in [5.74, 6) is 0.355. The molecule has 0 aromatic carbocycles. The lowest BCUT2D eigenvalue weighted by Crippen LogP contribution is -2.49. The zero-order valence-electron chi connectivity index (χ0n) is 10.8. The molecule has 1 aliphatic heterocycles. The third kappa shape index (κ3) is 3.29. The molecule has 2 fully saturated rings. The summed E-state index contributed by atoms with van der Waals surface area (Å²) in [5, 5.41) is 9.05. The minimum Gasteiger partial charge on any atom is -0.395 e. The molecule has 2 aliphatic rings. The predicted molar refractivity (Wildman–Crippen MR) is 67.1 cm³/mol. The molecule has 0 unspecified atom stereocenters. The normalized spacial score (nSPS) is 21.2. The van der Waals surface area contributed by atoms with Gasteiger partial charge in [-0.1, -0.05) is 6.42 Å². The molecule has 1 N–H and O–H groups in total. The van der Waals surface area contributed by atoms with Gasteiger partial charge in [-0.15, -0.1) is 0 Å². The molecule has 1 amide bonds. The molecule has 1 saturated carbocycles. The van der Waals surface area contributed by atoms with Crippen LogP contribution in [0.15, 0.2) is 0 Å². The molecule has 1 aliphatic carbocycles. The molecule has 1 heterocycles. The first-order chi connectivity index (χ1) is 8.70. The second-order valence-corrected chi connectivity index (χ2v) is 5.20. The van der Waals surface area contributed by atoms with Gasteiger partial charge >= 0.3 is 0 Å². The maximum atomic E-state index is 12.1. The van der Waals surface area contributed by atoms with Gasteiger partial charge in [-0.25, -0.2) is 0 Å². The van der Waals surface area contributed by atoms with E-state index >= 15 is 0 Å². The lowest BCUT2D eigenvalue weighted by atomic mass is 9.91. The number of carbonyl (C=O) groups is 2. The second kappa shape index (κ2) is 6.29. The SMILES string of the molecule is O=C1CCN(C(=O)CN(CCO)C2CCC2)CC1. The smallest absolute Gasteiger partial charge is 0.236 e. The summed E-state index contributed by atoms with van der Waals surface area (Å²) in [4.78, 5) is 27.1. The molecule has 0 atom stereocenters. The Morgan fingerprint density at radius 2 is 2.00 bits per heavy atom. The third-order valence-electron chi connectivity index (χ3n) is 3.99. The zero-order valence-corrected chi connectivity index (χ0v) is 10.8. The molecule has 0 bridgehead atoms. The number of piperidine rings is 1. The maximum absolute atomic E-state index is 12.1. The van der Waals surface area contributed by atoms with Crippen LogP contribution >= 0.6 is 0 Å². The molecule has 2 rings (SSSR count). The molecule has 0 aromatic heterocycles. The minimum absolute atomic E-state index is 0.0995. The molecule has 18 heavy (non-hydrogen) atoms. The minimum atomic E-state index is 0.0995. The van der Waals surface area contributed by atoms with Crippen molar-refractivity contribution in [2.24, 2.45) is 0 Å². The van der Waals surface area contributed by atoms with Crippen LogP contribution in [0.3, 0.4) is 0 Å². The monoisotopic (exact) mass is 254 g/mol. The van der Waals surface area contributed by atoms with Crippen molar-refractivity contribution in [1.82, 2.24) is 9.80 Å². The zero-order chi connectivity index (χ0) is 13.0. The van der Waals surface area contributed by atoms with Crippen LogP contribution in [0, 0.1) is 0 Å². The van der Waals surface area contributed by atoms with Crippen LogP contribution in [-0.2, 0) is 9.59 Å². The van der Waals surface area contributed by atoms with Crippen molar-refractivity contribution >= 4 is 11.7 Å². The molecule has 0 aromatic rings. The Bertz CT molecular complexity index is 305. The average molecular weight is 254 g/mol. The fraction of sp³-hybridized carbons (Fsp3) is 0.846. The van der Waals surface area contributed by atoms with E-state index in [1.54, 1.807) is 4.90 Å². The van der Waals surface area contributed by atoms with Crippen molar-refractivity contribution in [3.63, 3.8) is 0 Å². The van der Waals surface area contributed by atoms with E-state index in [0.29, 0.717) is 45.1 Å². The van der Waals surface area contributed by atoms with Gasteiger partial charge in [0.25, 0.3) is 0 Å². The summed E-state index contributed by atoms with van der Waals surface area (Å²) < 4.78 is 0. The van der Waals surface area contributed by atoms with Crippen molar-refractivity contribution in [2.75, 3.05) is 32.8 Å². The van der Waals surface area contributed by atoms with Gasteiger partial charge < -0.3 is 10.0 Å². The van der Waals surface area contributed by atoms with E-state index in [1.807, 2.05) is 0 Å². The van der Waals surface area contributed by atoms with Crippen molar-refractivity contribution in [3.05, 3.63) is 0 Å². The molecular weight excluding hydrogens is 232 g/mol. The first-order valence-electron chi connectivity index (χ1n) is 6.85. The van der Waals surface area contributed by atoms with Crippen molar-refractivity contribution in [3.8, 4) is 0 Å². The quantitative estimate of drug-likeness (QED) is 0.751. The Morgan fingerprint density at radius 1 is 1.33 bits per heavy atom. The van der Waals surface area contributed by atoms with Crippen LogP contribution in [0.4, 0.5) is 0 Å². The molecule has 5 nitrogen and oxygen atoms in total. The van der Waals surface area contributed by atoms with Crippen molar-refractivity contribution < 1.29 is 14.7 Å². The molecular formula is C13H22N2O3. The lowest BCUT2D eigenvalue weighted by molar-refractivity contribution is -0.136. The number of likely N-dealkylation sites (tertiary alicyclic amines) is 1. The molecule has 0 spiro atoms. The van der Waals surface area contributed by atoms with Gasteiger partial charge in [-0.05, 0) is 12.8 Å². The number of Topliss-reactive ketones (excluding diaryl/α,β-unsaturated/α-hetero) is 1. The highest BCUT2D eigenvalue weighted by Crippen LogP contribution is 2.24. The number of carbonyl (C=O) groups excluding carboxylic acids is 2. The number of aliphatic hydroxyl groups is 1. The highest BCUT2D eigenvalue weighted by atomic mass is 16.3. The first kappa shape index (κ1) is 13.5. The summed E-state index contributed by atoms with van der Waals surface area (Å²) in [6, 6.07) is 0.465. The van der Waals surface area contributed by atoms with Gasteiger partial charge in [0.05, 0.1) is 13.2 Å². The van der Waals surface area contributed by atoms with E-state index in [4.69, 9.17) is 5.11 Å². The van der Waals surface area contributed by atoms with Gasteiger partial charge in [-0.3, -0.25) is 14.5 Å². The number of rotatable bonds is 5. The Labute approximate surface area is 108 Å². The Hall–Kier alpha value is -0.940. The highest BCUT2D eigenvalue weighted by Gasteiger charge is 2.28. The van der Waals surface area contributed by atoms with Gasteiger partial charge in [0.2, 0.25) is 5.91 Å². The van der Waals surface area contributed by atoms with Gasteiger partial charge in [0.15, 0.2) is 0 Å². The van der Waals surface area contributed by atoms with Crippen LogP contribution in [0.2, 0.25) is 0 Å². The summed E-state index contributed by atoms with van der Waals surface area (Å²) in [7, 11) is 0. The number of hydrogen-bond donors (Lipinski definition) is 1. The van der Waals surface area contributed by atoms with E-state index < -0.39 is 0 Å². The first-order valence-corrected chi connectivity index (χ1v) is 6.85. The van der Waals surface area contributed by atoms with Crippen LogP contribution in [0.1, 0.15) is 32.1 Å². The Balaban J connectivity index is 1.82. The van der Waals surface area contributed by atoms with Gasteiger partial charge in [0, 0.05) is 38.5 Å². The highest BCUT2D eigenvalue weighted by molar-refractivity contribution is 5.84. The molecule has 102 valence electrons. The van der Waals surface area contributed by atoms with E-state index in [-0.39, 0.29) is 18.3 Å². The van der Waals surface area contributed by atoms with Crippen LogP contribution < -0.4 is 0 Å². The Morgan fingerprint density at radius 3 is 2.50 bits per heavy atom. The van der Waals surface area contributed by atoms with Crippen molar-refractivity contribution in [2.45, 2.75) is 38.1 Å². The largest absolute Gasteiger partial charge is 0.395 e. The second-order valence-electron chi connectivity index (χ2n) is 5.20. The molecule has 5 heteroatoms. The van der Waals surface area contributed by atoms with E-state index in [9.17, 15) is 9.59 Å². The van der Waals surface area contributed by atoms with E-state index in [0.717, 1.165) is 12.8 Å². The van der Waals surface area contributed by atoms with Crippen LogP contribution in [0.5, 0.6) is 0 Å². The fourth-order valence-electron chi connectivity index (χ4n) is 2.55. The topological polar surface area (TPSA) is 60.9 Å². The number of aliphatic hydroxyl groups excluding tert-OH is 1. The van der Waals surface area contributed by atoms with E-state index in [2.05, 4.69) is 4.90 Å². The summed E-state index contributed by atoms with van der Waals surface area (Å²) in [5.41, 5.74) is 0. The summed E-state index contributed by atoms with van der Waals surface area (Å²) >= 11 is 0. The van der Waals surface area contributed by atoms with Gasteiger partial charge in [-0.2, -0.15) is 0 Å². The van der Waals surface area contributed by atoms with E-state index in [1.165, 1.54) is 6.42 Å². The maximum Gasteiger partial charge on any atom is 0.236 e. The Kier molecular flexibility index (Phi) is 4.72. The van der Waals surface area contributed by atoms with Crippen LogP contribution in [-0.4, -0.2) is 65.4 Å².